The number of aliphatic hydroxyl groups excluding tert-OH is 1. The second-order valence-corrected chi connectivity index (χ2v) is 12.3. The maximum Gasteiger partial charge on any atom is 0.305 e. The number of ketones is 1. The molecule has 0 saturated carbocycles. The molecule has 8 heteroatoms. The number of aliphatic imine (C=N–C) groups is 3. The highest BCUT2D eigenvalue weighted by Crippen LogP contribution is 2.46. The molecule has 6 aliphatic rings. The number of hydrogen-bond acceptors (Lipinski definition) is 8. The van der Waals surface area contributed by atoms with Gasteiger partial charge in [-0.2, -0.15) is 0 Å². The van der Waals surface area contributed by atoms with Gasteiger partial charge < -0.3 is 15.2 Å². The molecule has 0 radical (unpaired) electrons. The zero-order valence-electron chi connectivity index (χ0n) is 26.6. The number of aliphatic hydroxyl groups is 1. The summed E-state index contributed by atoms with van der Waals surface area (Å²) in [4.78, 5) is 40.5. The number of allylic oxidation sites excluding steroid dienone is 12. The first kappa shape index (κ1) is 29.7. The Kier molecular flexibility index (Phi) is 7.64. The molecule has 2 N–H and O–H groups in total. The van der Waals surface area contributed by atoms with Crippen molar-refractivity contribution in [3.8, 4) is 0 Å². The number of Topliss-reactive ketones (excluding diaryl/α,β-unsaturated/α-hetero) is 1. The van der Waals surface area contributed by atoms with Crippen molar-refractivity contribution in [2.24, 2.45) is 26.8 Å². The van der Waals surface area contributed by atoms with Crippen LogP contribution in [0.2, 0.25) is 0 Å². The molecule has 1 aliphatic carbocycles. The molecule has 5 aliphatic heterocycles. The molecule has 0 aromatic heterocycles. The molecule has 0 amide bonds. The van der Waals surface area contributed by atoms with Crippen molar-refractivity contribution < 1.29 is 19.4 Å². The normalized spacial score (nSPS) is 24.1. The number of nitrogens with zero attached hydrogens (tertiary/aromatic N) is 3. The molecular formula is C36H40N4O4. The summed E-state index contributed by atoms with van der Waals surface area (Å²) < 4.78 is 5.40. The first-order valence-corrected chi connectivity index (χ1v) is 15.7. The smallest absolute Gasteiger partial charge is 0.305 e. The fourth-order valence-electron chi connectivity index (χ4n) is 7.11. The van der Waals surface area contributed by atoms with E-state index in [9.17, 15) is 14.7 Å². The van der Waals surface area contributed by atoms with Crippen molar-refractivity contribution >= 4 is 28.9 Å². The van der Waals surface area contributed by atoms with E-state index in [4.69, 9.17) is 19.7 Å². The monoisotopic (exact) mass is 592 g/mol. The first-order chi connectivity index (χ1) is 21.0. The number of nitrogens with one attached hydrogen (secondary N) is 1. The van der Waals surface area contributed by atoms with Gasteiger partial charge in [-0.1, -0.05) is 20.8 Å². The van der Waals surface area contributed by atoms with Crippen LogP contribution in [0.25, 0.3) is 0 Å². The Morgan fingerprint density at radius 3 is 2.43 bits per heavy atom. The van der Waals surface area contributed by atoms with E-state index in [1.165, 1.54) is 0 Å². The van der Waals surface area contributed by atoms with Crippen molar-refractivity contribution in [1.29, 1.82) is 0 Å². The maximum absolute atomic E-state index is 12.9. The Morgan fingerprint density at radius 2 is 1.73 bits per heavy atom. The molecule has 0 aromatic carbocycles. The molecule has 5 heterocycles. The van der Waals surface area contributed by atoms with Gasteiger partial charge in [0.05, 0.1) is 40.8 Å². The van der Waals surface area contributed by atoms with E-state index < -0.39 is 0 Å². The SMILES string of the molecule is CCCOC(=O)CC[C@@H]1C2=C3CC(O)=C4C3=NC(=C4C)C=C3N=C(C=C4N=C(C=C(N2)[C@H]1C)C(C)=C4C(C)=O)C(C)=C3CC. The van der Waals surface area contributed by atoms with E-state index in [2.05, 4.69) is 26.1 Å². The van der Waals surface area contributed by atoms with Gasteiger partial charge >= 0.3 is 5.97 Å². The van der Waals surface area contributed by atoms with Crippen LogP contribution in [0.5, 0.6) is 0 Å². The van der Waals surface area contributed by atoms with Gasteiger partial charge in [-0.3, -0.25) is 9.59 Å². The Labute approximate surface area is 258 Å². The van der Waals surface area contributed by atoms with Crippen molar-refractivity contribution in [2.45, 2.75) is 80.6 Å². The highest BCUT2D eigenvalue weighted by atomic mass is 16.5. The number of ether oxygens (including phenoxy) is 1. The van der Waals surface area contributed by atoms with Gasteiger partial charge in [0.2, 0.25) is 0 Å². The molecule has 1 saturated heterocycles. The van der Waals surface area contributed by atoms with Gasteiger partial charge in [-0.25, -0.2) is 15.0 Å². The molecule has 8 nitrogen and oxygen atoms in total. The topological polar surface area (TPSA) is 113 Å². The highest BCUT2D eigenvalue weighted by molar-refractivity contribution is 6.22. The fraction of sp³-hybridized carbons (Fsp3) is 0.417. The van der Waals surface area contributed by atoms with Crippen molar-refractivity contribution in [2.75, 3.05) is 6.61 Å². The summed E-state index contributed by atoms with van der Waals surface area (Å²) >= 11 is 0. The Balaban J connectivity index is 1.55. The molecule has 228 valence electrons. The molecule has 8 bridgehead atoms. The average molecular weight is 593 g/mol. The molecule has 2 atom stereocenters. The van der Waals surface area contributed by atoms with Crippen LogP contribution in [0.1, 0.15) is 80.6 Å². The maximum atomic E-state index is 12.9. The second-order valence-electron chi connectivity index (χ2n) is 12.3. The number of rotatable bonds is 7. The lowest BCUT2D eigenvalue weighted by Gasteiger charge is -2.17. The average Bonchev–Trinajstić information content (AvgIpc) is 3.73. The quantitative estimate of drug-likeness (QED) is 0.310. The third-order valence-electron chi connectivity index (χ3n) is 9.53. The van der Waals surface area contributed by atoms with Gasteiger partial charge in [0.25, 0.3) is 0 Å². The predicted octanol–water partition coefficient (Wildman–Crippen LogP) is 6.98. The Hall–Kier alpha value is -4.33. The van der Waals surface area contributed by atoms with Crippen LogP contribution in [0, 0.1) is 11.8 Å². The summed E-state index contributed by atoms with van der Waals surface area (Å²) in [5.41, 5.74) is 12.7. The zero-order valence-corrected chi connectivity index (χ0v) is 26.6. The van der Waals surface area contributed by atoms with Gasteiger partial charge in [-0.15, -0.1) is 0 Å². The third kappa shape index (κ3) is 4.81. The van der Waals surface area contributed by atoms with E-state index in [0.717, 1.165) is 86.2 Å². The third-order valence-corrected chi connectivity index (χ3v) is 9.53. The molecular weight excluding hydrogens is 552 g/mol. The second kappa shape index (κ2) is 11.3. The summed E-state index contributed by atoms with van der Waals surface area (Å²) in [6, 6.07) is 0. The van der Waals surface area contributed by atoms with E-state index in [-0.39, 0.29) is 23.6 Å². The van der Waals surface area contributed by atoms with E-state index in [1.807, 2.05) is 39.0 Å². The van der Waals surface area contributed by atoms with Crippen LogP contribution >= 0.6 is 0 Å². The predicted molar refractivity (Wildman–Crippen MR) is 173 cm³/mol. The van der Waals surface area contributed by atoms with Crippen LogP contribution in [-0.2, 0) is 14.3 Å². The van der Waals surface area contributed by atoms with E-state index in [0.29, 0.717) is 42.9 Å². The lowest BCUT2D eigenvalue weighted by molar-refractivity contribution is -0.144. The standard InChI is InChI=1S/C36H40N4O4/c1-8-12-44-32(43)11-10-23-18(4)26-14-27-19(5)33(21(7)41)30(38-27)16-25-17(3)22(9-2)29(37-25)15-28-20(6)34-31(42)13-24(35(23)39-26)36(34)40-28/h14-16,18,23,39,42H,8-13H2,1-7H3/t18-,23-/m0/s1. The fourth-order valence-corrected chi connectivity index (χ4v) is 7.11. The lowest BCUT2D eigenvalue weighted by Crippen LogP contribution is -2.16. The lowest BCUT2D eigenvalue weighted by atomic mass is 9.86. The summed E-state index contributed by atoms with van der Waals surface area (Å²) in [5, 5.41) is 14.9. The Morgan fingerprint density at radius 1 is 1.00 bits per heavy atom. The summed E-state index contributed by atoms with van der Waals surface area (Å²) in [6.07, 6.45) is 8.79. The number of carbonyl (C=O) groups excluding carboxylic acids is 2. The first-order valence-electron chi connectivity index (χ1n) is 15.7. The summed E-state index contributed by atoms with van der Waals surface area (Å²) in [7, 11) is 0. The minimum atomic E-state index is -0.205. The molecule has 0 aromatic rings. The number of carbonyl (C=O) groups is 2. The molecule has 0 unspecified atom stereocenters. The van der Waals surface area contributed by atoms with E-state index in [1.54, 1.807) is 6.92 Å². The molecule has 0 spiro atoms. The summed E-state index contributed by atoms with van der Waals surface area (Å²) in [6.45, 7) is 14.2. The van der Waals surface area contributed by atoms with Gasteiger partial charge in [0.15, 0.2) is 5.78 Å². The van der Waals surface area contributed by atoms with Crippen LogP contribution in [-0.4, -0.2) is 40.6 Å². The largest absolute Gasteiger partial charge is 0.511 e. The van der Waals surface area contributed by atoms with Crippen LogP contribution in [0.15, 0.2) is 106 Å². The Bertz CT molecular complexity index is 1760. The van der Waals surface area contributed by atoms with Crippen molar-refractivity contribution in [3.05, 3.63) is 91.5 Å². The van der Waals surface area contributed by atoms with Gasteiger partial charge in [0.1, 0.15) is 5.76 Å². The van der Waals surface area contributed by atoms with Crippen molar-refractivity contribution in [1.82, 2.24) is 5.32 Å². The summed E-state index contributed by atoms with van der Waals surface area (Å²) in [5.74, 6) is 0.0664. The number of hydrogen-bond donors (Lipinski definition) is 2. The minimum Gasteiger partial charge on any atom is -0.511 e. The van der Waals surface area contributed by atoms with E-state index >= 15 is 0 Å². The number of esters is 1. The zero-order chi connectivity index (χ0) is 31.4. The number of fused-ring (bicyclic) bond motifs is 5. The van der Waals surface area contributed by atoms with Crippen LogP contribution < -0.4 is 5.32 Å². The van der Waals surface area contributed by atoms with Crippen LogP contribution in [0.4, 0.5) is 0 Å². The highest BCUT2D eigenvalue weighted by Gasteiger charge is 2.41. The minimum absolute atomic E-state index is 0.0221. The van der Waals surface area contributed by atoms with Gasteiger partial charge in [0, 0.05) is 52.8 Å². The van der Waals surface area contributed by atoms with Crippen LogP contribution in [0.3, 0.4) is 0 Å². The molecule has 44 heavy (non-hydrogen) atoms. The molecule has 6 rings (SSSR count). The van der Waals surface area contributed by atoms with Gasteiger partial charge in [-0.05, 0) is 87.5 Å². The molecule has 1 fully saturated rings. The van der Waals surface area contributed by atoms with Crippen molar-refractivity contribution in [3.63, 3.8) is 0 Å².